The van der Waals surface area contributed by atoms with Crippen molar-refractivity contribution in [1.29, 1.82) is 0 Å². The van der Waals surface area contributed by atoms with E-state index in [2.05, 4.69) is 10.6 Å². The molecule has 0 unspecified atom stereocenters. The normalized spacial score (nSPS) is 13.8. The van der Waals surface area contributed by atoms with Crippen LogP contribution in [-0.2, 0) is 33.4 Å². The number of ether oxygens (including phenoxy) is 3. The Morgan fingerprint density at radius 2 is 1.19 bits per heavy atom. The molecule has 0 spiro atoms. The summed E-state index contributed by atoms with van der Waals surface area (Å²) in [5, 5.41) is 5.68. The highest BCUT2D eigenvalue weighted by Crippen LogP contribution is 2.24. The monoisotopic (exact) mass is 613 g/mol. The van der Waals surface area contributed by atoms with Gasteiger partial charge < -0.3 is 29.7 Å². The van der Waals surface area contributed by atoms with Gasteiger partial charge in [0, 0.05) is 25.4 Å². The number of nitrogens with zero attached hydrogens (tertiary/aromatic N) is 1. The van der Waals surface area contributed by atoms with E-state index in [1.165, 1.54) is 4.90 Å². The number of unbranched alkanes of at least 4 members (excludes halogenated alkanes) is 1. The Morgan fingerprint density at radius 3 is 1.65 bits per heavy atom. The lowest BCUT2D eigenvalue weighted by Gasteiger charge is -2.33. The Labute approximate surface area is 259 Å². The molecule has 0 aliphatic carbocycles. The van der Waals surface area contributed by atoms with Crippen LogP contribution in [0, 0.1) is 5.41 Å². The van der Waals surface area contributed by atoms with Crippen LogP contribution in [0.1, 0.15) is 129 Å². The first-order valence-electron chi connectivity index (χ1n) is 15.3. The van der Waals surface area contributed by atoms with Gasteiger partial charge in [0.2, 0.25) is 5.91 Å². The number of hydrogen-bond acceptors (Lipinski definition) is 8. The van der Waals surface area contributed by atoms with E-state index in [-0.39, 0.29) is 43.2 Å². The van der Waals surface area contributed by atoms with Gasteiger partial charge in [-0.05, 0) is 93.4 Å². The van der Waals surface area contributed by atoms with Gasteiger partial charge in [-0.15, -0.1) is 0 Å². The van der Waals surface area contributed by atoms with Crippen molar-refractivity contribution in [1.82, 2.24) is 15.5 Å². The summed E-state index contributed by atoms with van der Waals surface area (Å²) in [6.45, 7) is 23.8. The van der Waals surface area contributed by atoms with Crippen LogP contribution < -0.4 is 10.6 Å². The third kappa shape index (κ3) is 19.9. The van der Waals surface area contributed by atoms with Crippen molar-refractivity contribution < 1.29 is 38.2 Å². The van der Waals surface area contributed by atoms with E-state index in [1.54, 1.807) is 69.2 Å². The molecule has 43 heavy (non-hydrogen) atoms. The lowest BCUT2D eigenvalue weighted by atomic mass is 9.83. The molecule has 0 aromatic heterocycles. The van der Waals surface area contributed by atoms with E-state index in [0.29, 0.717) is 25.8 Å². The average molecular weight is 614 g/mol. The van der Waals surface area contributed by atoms with Crippen LogP contribution >= 0.6 is 0 Å². The molecule has 0 aliphatic heterocycles. The molecule has 0 heterocycles. The second-order valence-electron chi connectivity index (χ2n) is 15.0. The van der Waals surface area contributed by atoms with Crippen molar-refractivity contribution in [3.63, 3.8) is 0 Å². The Hall–Kier alpha value is -2.85. The minimum atomic E-state index is -1.05. The van der Waals surface area contributed by atoms with Gasteiger partial charge in [0.05, 0.1) is 0 Å². The third-order valence-corrected chi connectivity index (χ3v) is 5.97. The van der Waals surface area contributed by atoms with E-state index in [1.807, 2.05) is 20.8 Å². The molecule has 0 aliphatic rings. The van der Waals surface area contributed by atoms with Gasteiger partial charge in [0.1, 0.15) is 29.4 Å². The zero-order valence-corrected chi connectivity index (χ0v) is 29.0. The molecule has 250 valence electrons. The van der Waals surface area contributed by atoms with Crippen LogP contribution in [-0.4, -0.2) is 76.7 Å². The van der Waals surface area contributed by atoms with E-state index in [9.17, 15) is 24.0 Å². The van der Waals surface area contributed by atoms with Crippen LogP contribution in [0.5, 0.6) is 0 Å². The number of carbonyl (C=O) groups is 5. The number of esters is 3. The molecule has 0 saturated carbocycles. The molecule has 11 heteroatoms. The topological polar surface area (TPSA) is 140 Å². The maximum absolute atomic E-state index is 13.1. The summed E-state index contributed by atoms with van der Waals surface area (Å²) < 4.78 is 16.2. The lowest BCUT2D eigenvalue weighted by Crippen LogP contribution is -2.53. The molecule has 11 nitrogen and oxygen atoms in total. The molecule has 0 aromatic carbocycles. The number of nitrogens with one attached hydrogen (secondary N) is 2. The predicted octanol–water partition coefficient (Wildman–Crippen LogP) is 5.28. The van der Waals surface area contributed by atoms with Gasteiger partial charge in [-0.1, -0.05) is 27.7 Å². The van der Waals surface area contributed by atoms with Crippen LogP contribution in [0.3, 0.4) is 0 Å². The summed E-state index contributed by atoms with van der Waals surface area (Å²) in [4.78, 5) is 64.6. The maximum Gasteiger partial charge on any atom is 0.329 e. The molecular formula is C32H59N3O8. The summed E-state index contributed by atoms with van der Waals surface area (Å²) in [5.41, 5.74) is -2.39. The number of urea groups is 1. The number of amides is 3. The minimum absolute atomic E-state index is 0.0242. The third-order valence-electron chi connectivity index (χ3n) is 5.97. The van der Waals surface area contributed by atoms with E-state index >= 15 is 0 Å². The first-order chi connectivity index (χ1) is 19.3. The molecule has 2 atom stereocenters. The summed E-state index contributed by atoms with van der Waals surface area (Å²) in [6, 6.07) is -1.86. The first-order valence-corrected chi connectivity index (χ1v) is 15.3. The van der Waals surface area contributed by atoms with E-state index < -0.39 is 46.8 Å². The maximum atomic E-state index is 13.1. The molecule has 0 saturated heterocycles. The predicted molar refractivity (Wildman–Crippen MR) is 166 cm³/mol. The zero-order chi connectivity index (χ0) is 33.8. The molecule has 0 bridgehead atoms. The number of rotatable bonds is 14. The number of hydrogen-bond donors (Lipinski definition) is 2. The summed E-state index contributed by atoms with van der Waals surface area (Å²) in [7, 11) is 0. The quantitative estimate of drug-likeness (QED) is 0.153. The smallest absolute Gasteiger partial charge is 0.329 e. The van der Waals surface area contributed by atoms with Gasteiger partial charge in [0.25, 0.3) is 0 Å². The van der Waals surface area contributed by atoms with Gasteiger partial charge in [-0.3, -0.25) is 14.4 Å². The SMILES string of the molecule is CCC(=O)N(CCCC[C@H](NC(=O)N[C@@H](CCC(=O)OC(C)(C)C)C(=O)OC(C)(C)C)C(C)(C)C)CC(=O)OC(C)(C)C. The number of carbonyl (C=O) groups excluding carboxylic acids is 5. The Morgan fingerprint density at radius 1 is 0.674 bits per heavy atom. The van der Waals surface area contributed by atoms with Crippen molar-refractivity contribution in [2.24, 2.45) is 5.41 Å². The Kier molecular flexibility index (Phi) is 15.7. The fourth-order valence-corrected chi connectivity index (χ4v) is 4.05. The van der Waals surface area contributed by atoms with Gasteiger partial charge in [-0.2, -0.15) is 0 Å². The van der Waals surface area contributed by atoms with Crippen molar-refractivity contribution in [2.75, 3.05) is 13.1 Å². The Balaban J connectivity index is 5.34. The van der Waals surface area contributed by atoms with Crippen molar-refractivity contribution in [3.05, 3.63) is 0 Å². The first kappa shape index (κ1) is 40.1. The summed E-state index contributed by atoms with van der Waals surface area (Å²) >= 11 is 0. The second kappa shape index (κ2) is 16.9. The molecule has 0 rings (SSSR count). The average Bonchev–Trinajstić information content (AvgIpc) is 2.78. The van der Waals surface area contributed by atoms with Gasteiger partial charge in [0.15, 0.2) is 0 Å². The molecule has 2 N–H and O–H groups in total. The van der Waals surface area contributed by atoms with Crippen LogP contribution in [0.2, 0.25) is 0 Å². The fourth-order valence-electron chi connectivity index (χ4n) is 4.05. The molecule has 0 radical (unpaired) electrons. The highest BCUT2D eigenvalue weighted by atomic mass is 16.6. The van der Waals surface area contributed by atoms with Gasteiger partial charge >= 0.3 is 23.9 Å². The Bertz CT molecular complexity index is 936. The standard InChI is InChI=1S/C32H59N3O8/c1-14-24(36)35(21-26(38)42-31(8,9)10)20-16-15-17-23(29(2,3)4)34-28(40)33-22(27(39)43-32(11,12)13)18-19-25(37)41-30(5,6)7/h22-23H,14-21H2,1-13H3,(H2,33,34,40)/t22-,23-/m0/s1. The second-order valence-corrected chi connectivity index (χ2v) is 15.0. The summed E-state index contributed by atoms with van der Waals surface area (Å²) in [5.74, 6) is -1.69. The van der Waals surface area contributed by atoms with E-state index in [0.717, 1.165) is 0 Å². The van der Waals surface area contributed by atoms with Crippen LogP contribution in [0.4, 0.5) is 4.79 Å². The summed E-state index contributed by atoms with van der Waals surface area (Å²) in [6.07, 6.45) is 2.14. The molecule has 0 fully saturated rings. The highest BCUT2D eigenvalue weighted by Gasteiger charge is 2.31. The minimum Gasteiger partial charge on any atom is -0.460 e. The lowest BCUT2D eigenvalue weighted by molar-refractivity contribution is -0.159. The van der Waals surface area contributed by atoms with Crippen LogP contribution in [0.25, 0.3) is 0 Å². The van der Waals surface area contributed by atoms with E-state index in [4.69, 9.17) is 14.2 Å². The molecular weight excluding hydrogens is 554 g/mol. The van der Waals surface area contributed by atoms with Crippen molar-refractivity contribution in [3.8, 4) is 0 Å². The molecule has 3 amide bonds. The fraction of sp³-hybridized carbons (Fsp3) is 0.844. The highest BCUT2D eigenvalue weighted by molar-refractivity contribution is 5.84. The van der Waals surface area contributed by atoms with Gasteiger partial charge in [-0.25, -0.2) is 9.59 Å². The van der Waals surface area contributed by atoms with Crippen molar-refractivity contribution >= 4 is 29.8 Å². The van der Waals surface area contributed by atoms with Crippen molar-refractivity contribution in [2.45, 2.75) is 157 Å². The molecule has 0 aromatic rings. The zero-order valence-electron chi connectivity index (χ0n) is 29.0. The largest absolute Gasteiger partial charge is 0.460 e. The van der Waals surface area contributed by atoms with Crippen LogP contribution in [0.15, 0.2) is 0 Å².